The van der Waals surface area contributed by atoms with E-state index in [0.29, 0.717) is 11.4 Å². The number of methoxy groups -OCH3 is 4. The first-order valence-electron chi connectivity index (χ1n) is 18.4. The van der Waals surface area contributed by atoms with Gasteiger partial charge in [0.2, 0.25) is 0 Å². The summed E-state index contributed by atoms with van der Waals surface area (Å²) in [4.78, 5) is 52.1. The van der Waals surface area contributed by atoms with Crippen LogP contribution >= 0.6 is 23.2 Å². The lowest BCUT2D eigenvalue weighted by molar-refractivity contribution is 0.0721. The number of hydrogen-bond donors (Lipinski definition) is 4. The lowest BCUT2D eigenvalue weighted by atomic mass is 9.95. The summed E-state index contributed by atoms with van der Waals surface area (Å²) in [5.41, 5.74) is 4.60. The van der Waals surface area contributed by atoms with Crippen molar-refractivity contribution in [1.29, 1.82) is 0 Å². The quantitative estimate of drug-likeness (QED) is 0.0636. The van der Waals surface area contributed by atoms with Gasteiger partial charge in [-0.3, -0.25) is 9.59 Å². The average Bonchev–Trinajstić information content (AvgIpc) is 3.24. The highest BCUT2D eigenvalue weighted by atomic mass is 35.5. The first kappa shape index (κ1) is 44.1. The highest BCUT2D eigenvalue weighted by Crippen LogP contribution is 2.38. The predicted molar refractivity (Wildman–Crippen MR) is 233 cm³/mol. The molecule has 14 nitrogen and oxygen atoms in total. The molecule has 0 saturated heterocycles. The second kappa shape index (κ2) is 18.9. The topological polar surface area (TPSA) is 188 Å². The monoisotopic (exact) mass is 880 g/mol. The van der Waals surface area contributed by atoms with Gasteiger partial charge >= 0.3 is 11.9 Å². The minimum atomic E-state index is -0.903. The van der Waals surface area contributed by atoms with Crippen molar-refractivity contribution in [2.75, 3.05) is 39.1 Å². The molecule has 0 atom stereocenters. The molecule has 318 valence electrons. The molecule has 0 unspecified atom stereocenters. The number of nitrogens with one attached hydrogen (secondary N) is 2. The first-order chi connectivity index (χ1) is 29.6. The van der Waals surface area contributed by atoms with Gasteiger partial charge in [0.05, 0.1) is 38.5 Å². The maximum absolute atomic E-state index is 13.2. The van der Waals surface area contributed by atoms with E-state index in [1.807, 2.05) is 38.1 Å². The Labute approximate surface area is 365 Å². The molecule has 0 aromatic heterocycles. The summed E-state index contributed by atoms with van der Waals surface area (Å²) < 4.78 is 31.5. The van der Waals surface area contributed by atoms with Crippen molar-refractivity contribution in [2.45, 2.75) is 13.8 Å². The molecule has 6 aromatic rings. The van der Waals surface area contributed by atoms with Crippen LogP contribution in [0.3, 0.4) is 0 Å². The molecular weight excluding hydrogens is 843 g/mol. The zero-order chi connectivity index (χ0) is 44.8. The van der Waals surface area contributed by atoms with E-state index in [2.05, 4.69) is 10.6 Å². The van der Waals surface area contributed by atoms with E-state index >= 15 is 0 Å². The fourth-order valence-corrected chi connectivity index (χ4v) is 6.75. The number of amides is 2. The SMILES string of the molecule is COc1cc(O)c(C(=O)Oc2ccc(C(=O)Nc3ccc(-c4ccc(NC(=O)c5ccc(OC(=O)c6cc(OC)c(OC)cc6O)c(Cl)c5)cc4C)c(C)c3)cc2Cl)cc1OC. The van der Waals surface area contributed by atoms with E-state index in [9.17, 15) is 29.4 Å². The Morgan fingerprint density at radius 1 is 0.468 bits per heavy atom. The normalized spacial score (nSPS) is 10.6. The van der Waals surface area contributed by atoms with Crippen LogP contribution in [0.4, 0.5) is 11.4 Å². The Hall–Kier alpha value is -7.42. The maximum atomic E-state index is 13.2. The van der Waals surface area contributed by atoms with Crippen molar-refractivity contribution in [3.05, 3.63) is 140 Å². The number of phenolic OH excluding ortho intramolecular Hbond substituents is 2. The van der Waals surface area contributed by atoms with Crippen LogP contribution in [0.1, 0.15) is 52.6 Å². The minimum absolute atomic E-state index is 0.0113. The second-order valence-electron chi connectivity index (χ2n) is 13.5. The van der Waals surface area contributed by atoms with Gasteiger partial charge in [0.1, 0.15) is 34.1 Å². The van der Waals surface area contributed by atoms with E-state index < -0.39 is 23.8 Å². The number of aryl methyl sites for hydroxylation is 2. The van der Waals surface area contributed by atoms with Crippen molar-refractivity contribution < 1.29 is 57.8 Å². The third kappa shape index (κ3) is 9.62. The number of ether oxygens (including phenoxy) is 6. The number of hydrogen-bond acceptors (Lipinski definition) is 12. The van der Waals surface area contributed by atoms with Gasteiger partial charge in [0, 0.05) is 46.8 Å². The largest absolute Gasteiger partial charge is 0.507 e. The summed E-state index contributed by atoms with van der Waals surface area (Å²) in [5.74, 6) is -2.68. The van der Waals surface area contributed by atoms with E-state index in [1.165, 1.54) is 89.1 Å². The number of phenols is 2. The lowest BCUT2D eigenvalue weighted by Gasteiger charge is -2.14. The van der Waals surface area contributed by atoms with E-state index in [0.717, 1.165) is 22.3 Å². The Kier molecular flexibility index (Phi) is 13.4. The van der Waals surface area contributed by atoms with Crippen molar-refractivity contribution in [3.8, 4) is 57.1 Å². The molecule has 0 heterocycles. The molecule has 0 bridgehead atoms. The summed E-state index contributed by atoms with van der Waals surface area (Å²) in [6.45, 7) is 3.80. The Morgan fingerprint density at radius 3 is 1.15 bits per heavy atom. The third-order valence-electron chi connectivity index (χ3n) is 9.50. The minimum Gasteiger partial charge on any atom is -0.507 e. The molecule has 0 aliphatic carbocycles. The molecule has 62 heavy (non-hydrogen) atoms. The van der Waals surface area contributed by atoms with E-state index in [1.54, 1.807) is 12.1 Å². The number of benzene rings is 6. The van der Waals surface area contributed by atoms with Crippen LogP contribution in [0, 0.1) is 13.8 Å². The van der Waals surface area contributed by atoms with Crippen LogP contribution in [0.2, 0.25) is 10.0 Å². The fraction of sp³-hybridized carbons (Fsp3) is 0.130. The Bertz CT molecular complexity index is 2570. The van der Waals surface area contributed by atoms with Crippen LogP contribution in [0.15, 0.2) is 97.1 Å². The standard InChI is InChI=1S/C46H38Cl2N2O12/c1-23-15-27(49-43(53)25-7-13-37(33(47)17-25)61-45(55)31-19-39(57-3)41(59-5)21-35(31)51)9-11-29(23)30-12-10-28(16-24(30)2)50-44(54)26-8-14-38(34(48)18-26)62-46(56)32-20-40(58-4)42(60-6)22-36(32)52/h7-22,51-52H,1-6H3,(H,49,53)(H,50,54). The number of halogens is 2. The van der Waals surface area contributed by atoms with Gasteiger partial charge in [-0.1, -0.05) is 35.3 Å². The molecular formula is C46H38Cl2N2O12. The molecule has 4 N–H and O–H groups in total. The molecule has 0 aliphatic rings. The third-order valence-corrected chi connectivity index (χ3v) is 10.1. The lowest BCUT2D eigenvalue weighted by Crippen LogP contribution is -2.13. The molecule has 6 rings (SSSR count). The molecule has 0 spiro atoms. The summed E-state index contributed by atoms with van der Waals surface area (Å²) in [7, 11) is 5.55. The van der Waals surface area contributed by atoms with Crippen LogP contribution in [-0.2, 0) is 0 Å². The molecule has 6 aromatic carbocycles. The smallest absolute Gasteiger partial charge is 0.347 e. The molecule has 0 aliphatic heterocycles. The molecule has 0 radical (unpaired) electrons. The van der Waals surface area contributed by atoms with Crippen LogP contribution in [0.25, 0.3) is 11.1 Å². The van der Waals surface area contributed by atoms with Crippen molar-refractivity contribution in [3.63, 3.8) is 0 Å². The Morgan fingerprint density at radius 2 is 0.823 bits per heavy atom. The summed E-state index contributed by atoms with van der Waals surface area (Å²) in [5, 5.41) is 26.3. The summed E-state index contributed by atoms with van der Waals surface area (Å²) >= 11 is 12.8. The summed E-state index contributed by atoms with van der Waals surface area (Å²) in [6.07, 6.45) is 0. The number of aromatic hydroxyl groups is 2. The number of rotatable bonds is 13. The fourth-order valence-electron chi connectivity index (χ4n) is 6.32. The number of anilines is 2. The van der Waals surface area contributed by atoms with Crippen molar-refractivity contribution >= 4 is 58.3 Å². The summed E-state index contributed by atoms with van der Waals surface area (Å²) in [6, 6.07) is 24.2. The van der Waals surface area contributed by atoms with Gasteiger partial charge in [-0.25, -0.2) is 9.59 Å². The van der Waals surface area contributed by atoms with E-state index in [4.69, 9.17) is 51.6 Å². The van der Waals surface area contributed by atoms with Crippen LogP contribution in [-0.4, -0.2) is 62.4 Å². The van der Waals surface area contributed by atoms with Gasteiger partial charge in [-0.15, -0.1) is 0 Å². The van der Waals surface area contributed by atoms with Gasteiger partial charge in [0.25, 0.3) is 11.8 Å². The van der Waals surface area contributed by atoms with Gasteiger partial charge in [-0.2, -0.15) is 0 Å². The average molecular weight is 882 g/mol. The van der Waals surface area contributed by atoms with E-state index in [-0.39, 0.29) is 78.3 Å². The van der Waals surface area contributed by atoms with Crippen LogP contribution in [0.5, 0.6) is 46.0 Å². The predicted octanol–water partition coefficient (Wildman–Crippen LogP) is 9.67. The van der Waals surface area contributed by atoms with Gasteiger partial charge < -0.3 is 49.3 Å². The van der Waals surface area contributed by atoms with Gasteiger partial charge in [0.15, 0.2) is 23.0 Å². The van der Waals surface area contributed by atoms with Crippen molar-refractivity contribution in [1.82, 2.24) is 0 Å². The second-order valence-corrected chi connectivity index (χ2v) is 14.3. The maximum Gasteiger partial charge on any atom is 0.347 e. The van der Waals surface area contributed by atoms with Crippen LogP contribution < -0.4 is 39.1 Å². The molecule has 16 heteroatoms. The first-order valence-corrected chi connectivity index (χ1v) is 19.2. The number of esters is 2. The number of carbonyl (C=O) groups excluding carboxylic acids is 4. The molecule has 0 saturated carbocycles. The Balaban J connectivity index is 1.07. The highest BCUT2D eigenvalue weighted by molar-refractivity contribution is 6.33. The van der Waals surface area contributed by atoms with Crippen molar-refractivity contribution in [2.24, 2.45) is 0 Å². The zero-order valence-electron chi connectivity index (χ0n) is 34.0. The highest BCUT2D eigenvalue weighted by Gasteiger charge is 2.22. The molecule has 0 fully saturated rings. The number of carbonyl (C=O) groups is 4. The molecule has 2 amide bonds. The zero-order valence-corrected chi connectivity index (χ0v) is 35.5. The van der Waals surface area contributed by atoms with Gasteiger partial charge in [-0.05, 0) is 96.8 Å².